The number of carbonyl (C=O) groups is 1. The highest BCUT2D eigenvalue weighted by molar-refractivity contribution is 5.89. The molecule has 0 spiro atoms. The van der Waals surface area contributed by atoms with Crippen molar-refractivity contribution in [1.29, 1.82) is 0 Å². The van der Waals surface area contributed by atoms with Gasteiger partial charge in [0.15, 0.2) is 0 Å². The molecule has 0 bridgehead atoms. The lowest BCUT2D eigenvalue weighted by atomic mass is 9.72. The largest absolute Gasteiger partial charge is 0.361 e. The van der Waals surface area contributed by atoms with Crippen molar-refractivity contribution in [3.63, 3.8) is 0 Å². The second-order valence-electron chi connectivity index (χ2n) is 9.88. The second-order valence-corrected chi connectivity index (χ2v) is 9.88. The number of aromatic nitrogens is 1. The first kappa shape index (κ1) is 19.1. The highest BCUT2D eigenvalue weighted by Gasteiger charge is 2.39. The molecule has 1 aromatic carbocycles. The van der Waals surface area contributed by atoms with Crippen LogP contribution in [0.3, 0.4) is 0 Å². The van der Waals surface area contributed by atoms with E-state index in [1.165, 1.54) is 25.7 Å². The van der Waals surface area contributed by atoms with Crippen LogP contribution in [0, 0.1) is 17.7 Å². The summed E-state index contributed by atoms with van der Waals surface area (Å²) in [4.78, 5) is 18.9. The number of carbonyl (C=O) groups excluding carboxylic acids is 1. The minimum atomic E-state index is -0.0885. The van der Waals surface area contributed by atoms with Crippen LogP contribution in [0.15, 0.2) is 18.3 Å². The molecule has 2 saturated carbocycles. The molecule has 5 rings (SSSR count). The van der Waals surface area contributed by atoms with Crippen LogP contribution in [0.1, 0.15) is 88.2 Å². The number of benzene rings is 1. The molecule has 2 heterocycles. The van der Waals surface area contributed by atoms with Gasteiger partial charge in [-0.15, -0.1) is 0 Å². The van der Waals surface area contributed by atoms with Crippen molar-refractivity contribution < 1.29 is 9.18 Å². The second kappa shape index (κ2) is 7.45. The molecule has 4 atom stereocenters. The van der Waals surface area contributed by atoms with Crippen LogP contribution in [-0.2, 0) is 4.79 Å². The van der Waals surface area contributed by atoms with Crippen molar-refractivity contribution in [3.05, 3.63) is 35.3 Å². The topological polar surface area (TPSA) is 36.1 Å². The summed E-state index contributed by atoms with van der Waals surface area (Å²) in [6.07, 6.45) is 10.8. The number of halogens is 1. The van der Waals surface area contributed by atoms with Gasteiger partial charge < -0.3 is 9.88 Å². The Morgan fingerprint density at radius 2 is 2.03 bits per heavy atom. The highest BCUT2D eigenvalue weighted by Crippen LogP contribution is 2.46. The maximum Gasteiger partial charge on any atom is 0.223 e. The van der Waals surface area contributed by atoms with Gasteiger partial charge in [0.05, 0.1) is 0 Å². The van der Waals surface area contributed by atoms with E-state index in [0.717, 1.165) is 53.8 Å². The van der Waals surface area contributed by atoms with Gasteiger partial charge in [-0.05, 0) is 73.5 Å². The Bertz CT molecular complexity index is 915. The molecular weight excluding hydrogens is 363 g/mol. The summed E-state index contributed by atoms with van der Waals surface area (Å²) >= 11 is 0. The van der Waals surface area contributed by atoms with Gasteiger partial charge in [-0.25, -0.2) is 4.39 Å². The van der Waals surface area contributed by atoms with E-state index in [9.17, 15) is 9.18 Å². The van der Waals surface area contributed by atoms with Crippen molar-refractivity contribution in [2.24, 2.45) is 11.8 Å². The highest BCUT2D eigenvalue weighted by atomic mass is 19.1. The Hall–Kier alpha value is -1.84. The van der Waals surface area contributed by atoms with E-state index in [4.69, 9.17) is 0 Å². The molecule has 1 amide bonds. The Morgan fingerprint density at radius 3 is 2.83 bits per heavy atom. The molecule has 1 saturated heterocycles. The van der Waals surface area contributed by atoms with Crippen molar-refractivity contribution in [1.82, 2.24) is 9.88 Å². The van der Waals surface area contributed by atoms with Crippen LogP contribution in [0.4, 0.5) is 4.39 Å². The first-order chi connectivity index (χ1) is 14.0. The van der Waals surface area contributed by atoms with Gasteiger partial charge in [0, 0.05) is 41.7 Å². The fourth-order valence-corrected chi connectivity index (χ4v) is 6.20. The molecule has 3 nitrogen and oxygen atoms in total. The summed E-state index contributed by atoms with van der Waals surface area (Å²) < 4.78 is 14.6. The average molecular weight is 397 g/mol. The van der Waals surface area contributed by atoms with Gasteiger partial charge in [-0.1, -0.05) is 26.7 Å². The van der Waals surface area contributed by atoms with Crippen LogP contribution in [0.25, 0.3) is 10.9 Å². The van der Waals surface area contributed by atoms with E-state index in [-0.39, 0.29) is 11.7 Å². The average Bonchev–Trinajstić information content (AvgIpc) is 3.45. The molecule has 3 aliphatic rings. The SMILES string of the molecule is CC(CC(=O)N1CCCC2C(C)CCCC21)c1c[nH]c2ccc(F)c(C3CC3)c12. The predicted octanol–water partition coefficient (Wildman–Crippen LogP) is 6.11. The van der Waals surface area contributed by atoms with Gasteiger partial charge in [0.2, 0.25) is 5.91 Å². The molecule has 156 valence electrons. The summed E-state index contributed by atoms with van der Waals surface area (Å²) in [5, 5.41) is 1.04. The van der Waals surface area contributed by atoms with Gasteiger partial charge >= 0.3 is 0 Å². The van der Waals surface area contributed by atoms with E-state index in [2.05, 4.69) is 23.7 Å². The number of piperidine rings is 1. The van der Waals surface area contributed by atoms with Crippen LogP contribution in [-0.4, -0.2) is 28.4 Å². The Morgan fingerprint density at radius 1 is 1.21 bits per heavy atom. The van der Waals surface area contributed by atoms with Gasteiger partial charge in [-0.3, -0.25) is 4.79 Å². The van der Waals surface area contributed by atoms with Crippen molar-refractivity contribution in [2.75, 3.05) is 6.54 Å². The van der Waals surface area contributed by atoms with E-state index in [1.807, 2.05) is 12.3 Å². The number of aromatic amines is 1. The van der Waals surface area contributed by atoms with Crippen molar-refractivity contribution >= 4 is 16.8 Å². The minimum absolute atomic E-state index is 0.0885. The zero-order valence-electron chi connectivity index (χ0n) is 17.7. The summed E-state index contributed by atoms with van der Waals surface area (Å²) in [5.74, 6) is 2.06. The number of H-pyrrole nitrogens is 1. The van der Waals surface area contributed by atoms with E-state index >= 15 is 0 Å². The summed E-state index contributed by atoms with van der Waals surface area (Å²) in [6, 6.07) is 3.87. The summed E-state index contributed by atoms with van der Waals surface area (Å²) in [6.45, 7) is 5.41. The molecular formula is C25H33FN2O. The van der Waals surface area contributed by atoms with Crippen LogP contribution in [0.2, 0.25) is 0 Å². The third-order valence-corrected chi connectivity index (χ3v) is 7.90. The van der Waals surface area contributed by atoms with Crippen LogP contribution in [0.5, 0.6) is 0 Å². The van der Waals surface area contributed by atoms with Gasteiger partial charge in [-0.2, -0.15) is 0 Å². The quantitative estimate of drug-likeness (QED) is 0.665. The van der Waals surface area contributed by atoms with E-state index < -0.39 is 0 Å². The fourth-order valence-electron chi connectivity index (χ4n) is 6.20. The molecule has 3 fully saturated rings. The first-order valence-electron chi connectivity index (χ1n) is 11.6. The number of hydrogen-bond acceptors (Lipinski definition) is 1. The fraction of sp³-hybridized carbons (Fsp3) is 0.640. The molecule has 4 heteroatoms. The Labute approximate surface area is 173 Å². The van der Waals surface area contributed by atoms with Gasteiger partial charge in [0.25, 0.3) is 0 Å². The first-order valence-corrected chi connectivity index (χ1v) is 11.6. The smallest absolute Gasteiger partial charge is 0.223 e. The number of nitrogens with one attached hydrogen (secondary N) is 1. The zero-order chi connectivity index (χ0) is 20.1. The predicted molar refractivity (Wildman–Crippen MR) is 115 cm³/mol. The van der Waals surface area contributed by atoms with Crippen LogP contribution >= 0.6 is 0 Å². The van der Waals surface area contributed by atoms with E-state index in [1.54, 1.807) is 6.07 Å². The number of likely N-dealkylation sites (tertiary alicyclic amines) is 1. The molecule has 1 aromatic heterocycles. The monoisotopic (exact) mass is 396 g/mol. The van der Waals surface area contributed by atoms with E-state index in [0.29, 0.717) is 30.2 Å². The zero-order valence-corrected chi connectivity index (χ0v) is 17.7. The maximum atomic E-state index is 14.6. The molecule has 1 N–H and O–H groups in total. The van der Waals surface area contributed by atoms with Gasteiger partial charge in [0.1, 0.15) is 5.82 Å². The molecule has 1 aliphatic heterocycles. The molecule has 0 radical (unpaired) electrons. The normalized spacial score (nSPS) is 28.4. The number of amides is 1. The lowest BCUT2D eigenvalue weighted by Crippen LogP contribution is -2.51. The number of nitrogens with zero attached hydrogens (tertiary/aromatic N) is 1. The third-order valence-electron chi connectivity index (χ3n) is 7.90. The molecule has 29 heavy (non-hydrogen) atoms. The Kier molecular flexibility index (Phi) is 4.92. The Balaban J connectivity index is 1.38. The summed E-state index contributed by atoms with van der Waals surface area (Å²) in [7, 11) is 0. The number of fused-ring (bicyclic) bond motifs is 2. The minimum Gasteiger partial charge on any atom is -0.361 e. The van der Waals surface area contributed by atoms with Crippen LogP contribution < -0.4 is 0 Å². The maximum absolute atomic E-state index is 14.6. The molecule has 2 aliphatic carbocycles. The van der Waals surface area contributed by atoms with Crippen molar-refractivity contribution in [2.45, 2.75) is 83.1 Å². The molecule has 4 unspecified atom stereocenters. The number of hydrogen-bond donors (Lipinski definition) is 1. The summed E-state index contributed by atoms with van der Waals surface area (Å²) in [5.41, 5.74) is 2.99. The lowest BCUT2D eigenvalue weighted by molar-refractivity contribution is -0.138. The van der Waals surface area contributed by atoms with Crippen molar-refractivity contribution in [3.8, 4) is 0 Å². The number of rotatable bonds is 4. The standard InChI is InChI=1S/C25H33FN2O/c1-15-5-3-7-22-18(15)6-4-12-28(22)23(29)13-16(2)19-14-27-21-11-10-20(26)24(25(19)21)17-8-9-17/h10-11,14-18,22,27H,3-9,12-13H2,1-2H3. The molecule has 2 aromatic rings. The lowest BCUT2D eigenvalue weighted by Gasteiger charge is -2.47. The third kappa shape index (κ3) is 3.39.